The molecule has 1 aromatic carbocycles. The lowest BCUT2D eigenvalue weighted by Crippen LogP contribution is -2.21. The number of nitrogens with one attached hydrogen (secondary N) is 1. The second-order valence-electron chi connectivity index (χ2n) is 5.41. The molecule has 21 heavy (non-hydrogen) atoms. The second kappa shape index (κ2) is 5.83. The average molecular weight is 317 g/mol. The summed E-state index contributed by atoms with van der Waals surface area (Å²) in [6.45, 7) is 6.27. The van der Waals surface area contributed by atoms with E-state index in [4.69, 9.17) is 5.73 Å². The van der Waals surface area contributed by atoms with E-state index in [-0.39, 0.29) is 11.3 Å². The Labute approximate surface area is 133 Å². The molecule has 3 aromatic rings. The maximum Gasteiger partial charge on any atom is 0.167 e. The van der Waals surface area contributed by atoms with Crippen LogP contribution >= 0.6 is 23.1 Å². The number of hydrogen-bond acceptors (Lipinski definition) is 4. The summed E-state index contributed by atoms with van der Waals surface area (Å²) in [5.74, 6) is 0. The molecule has 2 unspecified atom stereocenters. The molecule has 5 heteroatoms. The monoisotopic (exact) mass is 317 g/mol. The quantitative estimate of drug-likeness (QED) is 0.700. The van der Waals surface area contributed by atoms with E-state index in [1.54, 1.807) is 11.8 Å². The molecule has 2 atom stereocenters. The number of aromatic amines is 1. The number of benzene rings is 1. The molecule has 0 aliphatic rings. The van der Waals surface area contributed by atoms with E-state index in [0.717, 1.165) is 16.2 Å². The Hall–Kier alpha value is -1.30. The maximum absolute atomic E-state index is 6.19. The highest BCUT2D eigenvalue weighted by Gasteiger charge is 2.21. The van der Waals surface area contributed by atoms with E-state index < -0.39 is 0 Å². The first-order valence-electron chi connectivity index (χ1n) is 6.98. The van der Waals surface area contributed by atoms with Crippen molar-refractivity contribution in [1.82, 2.24) is 9.97 Å². The number of thioether (sulfide) groups is 1. The van der Waals surface area contributed by atoms with Crippen molar-refractivity contribution in [3.8, 4) is 0 Å². The molecule has 0 aliphatic heterocycles. The molecule has 3 N–H and O–H groups in total. The summed E-state index contributed by atoms with van der Waals surface area (Å²) in [7, 11) is 0. The zero-order valence-electron chi connectivity index (χ0n) is 12.4. The average Bonchev–Trinajstić information content (AvgIpc) is 3.01. The van der Waals surface area contributed by atoms with Crippen LogP contribution in [0.1, 0.15) is 27.5 Å². The van der Waals surface area contributed by atoms with Gasteiger partial charge in [-0.1, -0.05) is 17.8 Å². The van der Waals surface area contributed by atoms with E-state index in [1.807, 2.05) is 11.3 Å². The van der Waals surface area contributed by atoms with Crippen LogP contribution in [0.5, 0.6) is 0 Å². The number of nitrogens with zero attached hydrogens (tertiary/aromatic N) is 1. The third-order valence-corrected chi connectivity index (χ3v) is 5.96. The van der Waals surface area contributed by atoms with Gasteiger partial charge in [-0.15, -0.1) is 11.3 Å². The molecule has 0 spiro atoms. The predicted molar refractivity (Wildman–Crippen MR) is 92.1 cm³/mol. The minimum Gasteiger partial charge on any atom is -0.333 e. The number of aryl methyl sites for hydroxylation is 2. The van der Waals surface area contributed by atoms with Crippen LogP contribution in [0.2, 0.25) is 0 Å². The number of nitrogens with two attached hydrogens (primary N) is 1. The first kappa shape index (κ1) is 14.6. The fourth-order valence-corrected chi connectivity index (χ4v) is 4.54. The van der Waals surface area contributed by atoms with Gasteiger partial charge in [0.05, 0.1) is 16.3 Å². The van der Waals surface area contributed by atoms with Crippen LogP contribution in [-0.2, 0) is 0 Å². The lowest BCUT2D eigenvalue weighted by Gasteiger charge is -2.17. The molecule has 0 amide bonds. The van der Waals surface area contributed by atoms with Gasteiger partial charge in [-0.05, 0) is 50.6 Å². The van der Waals surface area contributed by atoms with Crippen molar-refractivity contribution in [3.05, 3.63) is 45.6 Å². The second-order valence-corrected chi connectivity index (χ2v) is 7.86. The van der Waals surface area contributed by atoms with E-state index in [2.05, 4.69) is 61.1 Å². The SMILES string of the molecule is Cc1ccc2nc(SC(c3ccc(C)s3)C(C)N)[nH]c2c1. The van der Waals surface area contributed by atoms with Crippen molar-refractivity contribution < 1.29 is 0 Å². The highest BCUT2D eigenvalue weighted by Crippen LogP contribution is 2.39. The molecule has 2 heterocycles. The van der Waals surface area contributed by atoms with Crippen molar-refractivity contribution in [2.75, 3.05) is 0 Å². The number of H-pyrrole nitrogens is 1. The van der Waals surface area contributed by atoms with Gasteiger partial charge in [0.1, 0.15) is 0 Å². The van der Waals surface area contributed by atoms with Crippen LogP contribution in [0, 0.1) is 13.8 Å². The maximum atomic E-state index is 6.19. The Morgan fingerprint density at radius 2 is 2.05 bits per heavy atom. The Bertz CT molecular complexity index is 758. The summed E-state index contributed by atoms with van der Waals surface area (Å²) in [5, 5.41) is 1.16. The van der Waals surface area contributed by atoms with Gasteiger partial charge in [-0.3, -0.25) is 0 Å². The van der Waals surface area contributed by atoms with Gasteiger partial charge in [0.15, 0.2) is 5.16 Å². The molecule has 0 saturated carbocycles. The van der Waals surface area contributed by atoms with E-state index >= 15 is 0 Å². The molecule has 0 saturated heterocycles. The minimum atomic E-state index is 0.0722. The standard InChI is InChI=1S/C16H19N3S2/c1-9-4-6-12-13(8-9)19-16(18-12)21-15(11(3)17)14-7-5-10(2)20-14/h4-8,11,15H,17H2,1-3H3,(H,18,19). The van der Waals surface area contributed by atoms with Gasteiger partial charge in [-0.25, -0.2) is 4.98 Å². The lowest BCUT2D eigenvalue weighted by atomic mass is 10.2. The summed E-state index contributed by atoms with van der Waals surface area (Å²) in [4.78, 5) is 10.7. The number of rotatable bonds is 4. The van der Waals surface area contributed by atoms with Crippen LogP contribution in [0.25, 0.3) is 11.0 Å². The van der Waals surface area contributed by atoms with Gasteiger partial charge in [-0.2, -0.15) is 0 Å². The summed E-state index contributed by atoms with van der Waals surface area (Å²) in [6, 6.07) is 10.7. The molecule has 0 bridgehead atoms. The third-order valence-electron chi connectivity index (χ3n) is 3.37. The van der Waals surface area contributed by atoms with Crippen LogP contribution in [0.4, 0.5) is 0 Å². The molecular weight excluding hydrogens is 298 g/mol. The van der Waals surface area contributed by atoms with Crippen LogP contribution in [-0.4, -0.2) is 16.0 Å². The summed E-state index contributed by atoms with van der Waals surface area (Å²) in [5.41, 5.74) is 9.52. The largest absolute Gasteiger partial charge is 0.333 e. The highest BCUT2D eigenvalue weighted by molar-refractivity contribution is 7.99. The fourth-order valence-electron chi connectivity index (χ4n) is 2.31. The van der Waals surface area contributed by atoms with Gasteiger partial charge < -0.3 is 10.7 Å². The smallest absolute Gasteiger partial charge is 0.167 e. The molecule has 0 aliphatic carbocycles. The minimum absolute atomic E-state index is 0.0722. The molecule has 0 fully saturated rings. The Morgan fingerprint density at radius 1 is 1.24 bits per heavy atom. The Balaban J connectivity index is 1.90. The first-order valence-corrected chi connectivity index (χ1v) is 8.67. The summed E-state index contributed by atoms with van der Waals surface area (Å²) >= 11 is 3.52. The third kappa shape index (κ3) is 3.15. The number of thiophene rings is 1. The molecule has 3 nitrogen and oxygen atoms in total. The van der Waals surface area contributed by atoms with Crippen LogP contribution < -0.4 is 5.73 Å². The topological polar surface area (TPSA) is 54.7 Å². The van der Waals surface area contributed by atoms with Gasteiger partial charge in [0.25, 0.3) is 0 Å². The Kier molecular flexibility index (Phi) is 4.06. The Morgan fingerprint density at radius 3 is 2.71 bits per heavy atom. The molecular formula is C16H19N3S2. The lowest BCUT2D eigenvalue weighted by molar-refractivity contribution is 0.727. The number of fused-ring (bicyclic) bond motifs is 1. The van der Waals surface area contributed by atoms with Crippen LogP contribution in [0.15, 0.2) is 35.5 Å². The van der Waals surface area contributed by atoms with Crippen molar-refractivity contribution in [2.45, 2.75) is 37.2 Å². The van der Waals surface area contributed by atoms with Crippen molar-refractivity contribution in [3.63, 3.8) is 0 Å². The zero-order valence-corrected chi connectivity index (χ0v) is 14.0. The number of aromatic nitrogens is 2. The first-order chi connectivity index (χ1) is 10.0. The van der Waals surface area contributed by atoms with E-state index in [9.17, 15) is 0 Å². The van der Waals surface area contributed by atoms with E-state index in [0.29, 0.717) is 0 Å². The molecule has 110 valence electrons. The van der Waals surface area contributed by atoms with Crippen LogP contribution in [0.3, 0.4) is 0 Å². The zero-order chi connectivity index (χ0) is 15.0. The summed E-state index contributed by atoms with van der Waals surface area (Å²) in [6.07, 6.45) is 0. The highest BCUT2D eigenvalue weighted by atomic mass is 32.2. The normalized spacial score (nSPS) is 14.5. The summed E-state index contributed by atoms with van der Waals surface area (Å²) < 4.78 is 0. The van der Waals surface area contributed by atoms with Gasteiger partial charge in [0, 0.05) is 15.8 Å². The van der Waals surface area contributed by atoms with Crippen molar-refractivity contribution in [1.29, 1.82) is 0 Å². The molecule has 3 rings (SSSR count). The van der Waals surface area contributed by atoms with Gasteiger partial charge >= 0.3 is 0 Å². The molecule has 2 aromatic heterocycles. The van der Waals surface area contributed by atoms with Crippen molar-refractivity contribution >= 4 is 34.1 Å². The van der Waals surface area contributed by atoms with E-state index in [1.165, 1.54) is 15.3 Å². The van der Waals surface area contributed by atoms with Gasteiger partial charge in [0.2, 0.25) is 0 Å². The number of hydrogen-bond donors (Lipinski definition) is 2. The number of imidazole rings is 1. The fraction of sp³-hybridized carbons (Fsp3) is 0.312. The molecule has 0 radical (unpaired) electrons. The predicted octanol–water partition coefficient (Wildman–Crippen LogP) is 4.42. The van der Waals surface area contributed by atoms with Crippen molar-refractivity contribution in [2.24, 2.45) is 5.73 Å².